The molecule has 0 unspecified atom stereocenters. The van der Waals surface area contributed by atoms with E-state index < -0.39 is 10.8 Å². The Bertz CT molecular complexity index is 1280. The van der Waals surface area contributed by atoms with Crippen molar-refractivity contribution in [2.75, 3.05) is 0 Å². The van der Waals surface area contributed by atoms with E-state index in [0.29, 0.717) is 22.2 Å². The number of aromatic nitrogens is 1. The fourth-order valence-electron chi connectivity index (χ4n) is 3.19. The van der Waals surface area contributed by atoms with Gasteiger partial charge in [0.25, 0.3) is 11.6 Å². The van der Waals surface area contributed by atoms with E-state index >= 15 is 0 Å². The van der Waals surface area contributed by atoms with Crippen LogP contribution in [0.25, 0.3) is 10.9 Å². The van der Waals surface area contributed by atoms with Crippen LogP contribution in [0.15, 0.2) is 75.5 Å². The number of rotatable bonds is 5. The molecule has 0 radical (unpaired) electrons. The number of nitro groups is 1. The topological polar surface area (TPSA) is 123 Å². The standard InChI is InChI=1S/C21H16N4O5/c1-13-16(10-11-30-13)20(26)23-22-19-17-4-2-3-5-18(17)24(21(19)27)12-14-6-8-15(9-7-14)25(28)29/h2-11,27H,12H2,1H3. The molecule has 2 heterocycles. The number of fused-ring (bicyclic) bond motifs is 1. The molecule has 1 amide bonds. The average molecular weight is 404 g/mol. The zero-order chi connectivity index (χ0) is 21.3. The first-order valence-electron chi connectivity index (χ1n) is 8.99. The SMILES string of the molecule is Cc1occc1C(=O)N=Nc1c(O)n(Cc2ccc([N+](=O)[O-])cc2)c2ccccc12. The summed E-state index contributed by atoms with van der Waals surface area (Å²) >= 11 is 0. The van der Waals surface area contributed by atoms with E-state index in [1.54, 1.807) is 35.8 Å². The summed E-state index contributed by atoms with van der Waals surface area (Å²) in [7, 11) is 0. The molecule has 4 aromatic rings. The molecule has 9 nitrogen and oxygen atoms in total. The summed E-state index contributed by atoms with van der Waals surface area (Å²) in [5.74, 6) is -0.299. The van der Waals surface area contributed by atoms with Gasteiger partial charge in [-0.05, 0) is 24.6 Å². The number of para-hydroxylation sites is 1. The van der Waals surface area contributed by atoms with Crippen LogP contribution >= 0.6 is 0 Å². The number of aryl methyl sites for hydroxylation is 1. The summed E-state index contributed by atoms with van der Waals surface area (Å²) in [6.07, 6.45) is 1.39. The lowest BCUT2D eigenvalue weighted by molar-refractivity contribution is -0.384. The van der Waals surface area contributed by atoms with Crippen LogP contribution < -0.4 is 0 Å². The van der Waals surface area contributed by atoms with Crippen LogP contribution in [0.5, 0.6) is 5.88 Å². The predicted octanol–water partition coefficient (Wildman–Crippen LogP) is 5.13. The van der Waals surface area contributed by atoms with Crippen molar-refractivity contribution in [3.8, 4) is 5.88 Å². The van der Waals surface area contributed by atoms with E-state index in [9.17, 15) is 20.0 Å². The first-order chi connectivity index (χ1) is 14.5. The molecule has 1 N–H and O–H groups in total. The first-order valence-corrected chi connectivity index (χ1v) is 8.99. The Hall–Kier alpha value is -4.27. The molecule has 0 atom stereocenters. The lowest BCUT2D eigenvalue weighted by Gasteiger charge is -2.07. The zero-order valence-corrected chi connectivity index (χ0v) is 15.8. The van der Waals surface area contributed by atoms with Crippen LogP contribution in [0.3, 0.4) is 0 Å². The number of carbonyl (C=O) groups excluding carboxylic acids is 1. The average Bonchev–Trinajstić information content (AvgIpc) is 3.28. The van der Waals surface area contributed by atoms with Crippen LogP contribution in [0.4, 0.5) is 11.4 Å². The summed E-state index contributed by atoms with van der Waals surface area (Å²) in [5.41, 5.74) is 1.90. The van der Waals surface area contributed by atoms with E-state index in [1.165, 1.54) is 24.5 Å². The van der Waals surface area contributed by atoms with Gasteiger partial charge in [-0.3, -0.25) is 14.9 Å². The molecule has 2 aromatic heterocycles. The number of carbonyl (C=O) groups is 1. The summed E-state index contributed by atoms with van der Waals surface area (Å²) in [5, 5.41) is 30.0. The number of non-ortho nitro benzene ring substituents is 1. The molecular weight excluding hydrogens is 388 g/mol. The molecule has 0 saturated carbocycles. The third kappa shape index (κ3) is 3.44. The second kappa shape index (κ2) is 7.63. The van der Waals surface area contributed by atoms with Gasteiger partial charge in [-0.25, -0.2) is 0 Å². The number of hydrogen-bond acceptors (Lipinski definition) is 6. The number of nitrogens with zero attached hydrogens (tertiary/aromatic N) is 4. The monoisotopic (exact) mass is 404 g/mol. The Labute approximate surface area is 170 Å². The summed E-state index contributed by atoms with van der Waals surface area (Å²) < 4.78 is 6.72. The summed E-state index contributed by atoms with van der Waals surface area (Å²) in [6, 6.07) is 14.8. The zero-order valence-electron chi connectivity index (χ0n) is 15.8. The van der Waals surface area contributed by atoms with Crippen LogP contribution in [0.1, 0.15) is 21.7 Å². The Morgan fingerprint density at radius 3 is 2.57 bits per heavy atom. The molecule has 9 heteroatoms. The maximum Gasteiger partial charge on any atom is 0.298 e. The molecule has 150 valence electrons. The Kier molecular flexibility index (Phi) is 4.85. The first kappa shape index (κ1) is 19.1. The van der Waals surface area contributed by atoms with Gasteiger partial charge >= 0.3 is 0 Å². The van der Waals surface area contributed by atoms with E-state index in [1.807, 2.05) is 12.1 Å². The largest absolute Gasteiger partial charge is 0.493 e. The van der Waals surface area contributed by atoms with E-state index in [4.69, 9.17) is 4.42 Å². The third-order valence-corrected chi connectivity index (χ3v) is 4.74. The van der Waals surface area contributed by atoms with E-state index in [0.717, 1.165) is 5.56 Å². The molecule has 4 rings (SSSR count). The number of benzene rings is 2. The van der Waals surface area contributed by atoms with Crippen molar-refractivity contribution in [3.05, 3.63) is 87.9 Å². The van der Waals surface area contributed by atoms with Crippen molar-refractivity contribution in [2.45, 2.75) is 13.5 Å². The molecule has 30 heavy (non-hydrogen) atoms. The van der Waals surface area contributed by atoms with Crippen LogP contribution in [0, 0.1) is 17.0 Å². The van der Waals surface area contributed by atoms with Gasteiger partial charge in [0.1, 0.15) is 5.76 Å². The molecular formula is C21H16N4O5. The Morgan fingerprint density at radius 2 is 1.90 bits per heavy atom. The molecule has 0 aliphatic carbocycles. The second-order valence-electron chi connectivity index (χ2n) is 6.59. The Morgan fingerprint density at radius 1 is 1.17 bits per heavy atom. The highest BCUT2D eigenvalue weighted by molar-refractivity contribution is 5.97. The number of aromatic hydroxyl groups is 1. The highest BCUT2D eigenvalue weighted by Gasteiger charge is 2.18. The summed E-state index contributed by atoms with van der Waals surface area (Å²) in [4.78, 5) is 22.6. The van der Waals surface area contributed by atoms with Crippen LogP contribution in [-0.2, 0) is 6.54 Å². The molecule has 0 aliphatic heterocycles. The highest BCUT2D eigenvalue weighted by Crippen LogP contribution is 2.39. The normalized spacial score (nSPS) is 11.4. The maximum atomic E-state index is 12.3. The van der Waals surface area contributed by atoms with Crippen LogP contribution in [-0.4, -0.2) is 20.5 Å². The van der Waals surface area contributed by atoms with Crippen molar-refractivity contribution < 1.29 is 19.2 Å². The summed E-state index contributed by atoms with van der Waals surface area (Å²) in [6.45, 7) is 1.91. The van der Waals surface area contributed by atoms with Crippen molar-refractivity contribution in [3.63, 3.8) is 0 Å². The number of azo groups is 1. The molecule has 0 fully saturated rings. The molecule has 0 aliphatic rings. The fourth-order valence-corrected chi connectivity index (χ4v) is 3.19. The van der Waals surface area contributed by atoms with Gasteiger partial charge in [0.05, 0.1) is 28.8 Å². The van der Waals surface area contributed by atoms with Crippen LogP contribution in [0.2, 0.25) is 0 Å². The van der Waals surface area contributed by atoms with Gasteiger partial charge < -0.3 is 14.1 Å². The number of furan rings is 1. The minimum absolute atomic E-state index is 0.0112. The number of nitro benzene ring substituents is 1. The lowest BCUT2D eigenvalue weighted by atomic mass is 10.2. The van der Waals surface area contributed by atoms with Gasteiger partial charge in [0.15, 0.2) is 5.69 Å². The lowest BCUT2D eigenvalue weighted by Crippen LogP contribution is -1.99. The maximum absolute atomic E-state index is 12.3. The molecule has 0 bridgehead atoms. The van der Waals surface area contributed by atoms with Gasteiger partial charge in [-0.15, -0.1) is 10.2 Å². The van der Waals surface area contributed by atoms with E-state index in [2.05, 4.69) is 10.2 Å². The molecule has 0 saturated heterocycles. The smallest absolute Gasteiger partial charge is 0.298 e. The van der Waals surface area contributed by atoms with Crippen molar-refractivity contribution in [1.82, 2.24) is 4.57 Å². The Balaban J connectivity index is 1.71. The van der Waals surface area contributed by atoms with Gasteiger partial charge in [-0.1, -0.05) is 30.3 Å². The van der Waals surface area contributed by atoms with Gasteiger partial charge in [0, 0.05) is 17.5 Å². The molecule has 2 aromatic carbocycles. The number of hydrogen-bond donors (Lipinski definition) is 1. The second-order valence-corrected chi connectivity index (χ2v) is 6.59. The van der Waals surface area contributed by atoms with Crippen molar-refractivity contribution >= 4 is 28.2 Å². The molecule has 0 spiro atoms. The predicted molar refractivity (Wildman–Crippen MR) is 108 cm³/mol. The minimum Gasteiger partial charge on any atom is -0.493 e. The minimum atomic E-state index is -0.576. The van der Waals surface area contributed by atoms with Gasteiger partial charge in [-0.2, -0.15) is 0 Å². The third-order valence-electron chi connectivity index (χ3n) is 4.74. The fraction of sp³-hybridized carbons (Fsp3) is 0.0952. The number of amides is 1. The highest BCUT2D eigenvalue weighted by atomic mass is 16.6. The van der Waals surface area contributed by atoms with Crippen molar-refractivity contribution in [1.29, 1.82) is 0 Å². The quantitative estimate of drug-likeness (QED) is 0.281. The van der Waals surface area contributed by atoms with Gasteiger partial charge in [0.2, 0.25) is 5.88 Å². The van der Waals surface area contributed by atoms with Crippen molar-refractivity contribution in [2.24, 2.45) is 10.2 Å². The van der Waals surface area contributed by atoms with E-state index in [-0.39, 0.29) is 23.8 Å².